The zero-order valence-corrected chi connectivity index (χ0v) is 10.7. The molecule has 1 aromatic carbocycles. The van der Waals surface area contributed by atoms with E-state index in [4.69, 9.17) is 0 Å². The van der Waals surface area contributed by atoms with Crippen molar-refractivity contribution >= 4 is 22.3 Å². The maximum Gasteiger partial charge on any atom is 0.277 e. The second kappa shape index (κ2) is 5.01. The second-order valence-electron chi connectivity index (χ2n) is 4.62. The topological polar surface area (TPSA) is 71.3 Å². The number of nitrogens with one attached hydrogen (secondary N) is 1. The molecule has 1 aliphatic rings. The molecule has 0 saturated carbocycles. The summed E-state index contributed by atoms with van der Waals surface area (Å²) in [6.07, 6.45) is 1.49. The molecular weight excluding hydrogens is 263 g/mol. The molecule has 0 atom stereocenters. The molecule has 1 aliphatic heterocycles. The van der Waals surface area contributed by atoms with Gasteiger partial charge in [0.05, 0.1) is 15.7 Å². The average Bonchev–Trinajstić information content (AvgIpc) is 2.47. The summed E-state index contributed by atoms with van der Waals surface area (Å²) >= 11 is 0. The summed E-state index contributed by atoms with van der Waals surface area (Å²) in [7, 11) is 0. The van der Waals surface area contributed by atoms with Gasteiger partial charge in [0, 0.05) is 38.4 Å². The average molecular weight is 276 g/mol. The van der Waals surface area contributed by atoms with Crippen molar-refractivity contribution < 1.29 is 9.31 Å². The predicted molar refractivity (Wildman–Crippen MR) is 73.4 cm³/mol. The van der Waals surface area contributed by atoms with Crippen LogP contribution in [0.25, 0.3) is 10.8 Å². The number of anilines is 1. The first kappa shape index (κ1) is 12.7. The highest BCUT2D eigenvalue weighted by Crippen LogP contribution is 2.33. The Morgan fingerprint density at radius 1 is 1.30 bits per heavy atom. The van der Waals surface area contributed by atoms with Gasteiger partial charge in [-0.3, -0.25) is 10.1 Å². The summed E-state index contributed by atoms with van der Waals surface area (Å²) in [6.45, 7) is 2.98. The molecule has 7 heteroatoms. The molecule has 1 saturated heterocycles. The molecule has 1 N–H and O–H groups in total. The van der Waals surface area contributed by atoms with Crippen LogP contribution in [0.2, 0.25) is 0 Å². The Bertz CT molecular complexity index is 671. The zero-order valence-electron chi connectivity index (χ0n) is 10.7. The number of nitro benzene ring substituents is 1. The number of benzene rings is 1. The van der Waals surface area contributed by atoms with E-state index in [1.54, 1.807) is 0 Å². The highest BCUT2D eigenvalue weighted by atomic mass is 19.1. The van der Waals surface area contributed by atoms with Gasteiger partial charge in [-0.15, -0.1) is 0 Å². The smallest absolute Gasteiger partial charge is 0.277 e. The van der Waals surface area contributed by atoms with E-state index in [0.29, 0.717) is 24.3 Å². The largest absolute Gasteiger partial charge is 0.353 e. The Balaban J connectivity index is 2.22. The number of aromatic nitrogens is 1. The van der Waals surface area contributed by atoms with Gasteiger partial charge in [0.15, 0.2) is 0 Å². The summed E-state index contributed by atoms with van der Waals surface area (Å²) in [4.78, 5) is 16.7. The van der Waals surface area contributed by atoms with Crippen LogP contribution in [-0.4, -0.2) is 36.1 Å². The highest BCUT2D eigenvalue weighted by Gasteiger charge is 2.21. The van der Waals surface area contributed by atoms with Gasteiger partial charge in [0.25, 0.3) is 5.69 Å². The molecule has 104 valence electrons. The van der Waals surface area contributed by atoms with Crippen molar-refractivity contribution in [2.24, 2.45) is 0 Å². The van der Waals surface area contributed by atoms with Crippen LogP contribution < -0.4 is 10.2 Å². The van der Waals surface area contributed by atoms with Gasteiger partial charge in [-0.1, -0.05) is 0 Å². The molecule has 0 bridgehead atoms. The molecule has 0 aliphatic carbocycles. The number of hydrogen-bond acceptors (Lipinski definition) is 5. The minimum absolute atomic E-state index is 0.0971. The maximum atomic E-state index is 14.1. The van der Waals surface area contributed by atoms with Crippen LogP contribution in [0.4, 0.5) is 15.9 Å². The first-order valence-electron chi connectivity index (χ1n) is 6.36. The lowest BCUT2D eigenvalue weighted by molar-refractivity contribution is -0.383. The number of nitrogens with zero attached hydrogens (tertiary/aromatic N) is 3. The SMILES string of the molecule is O=[N+]([O-])c1ccc(F)c2c(N3CCNCC3)nccc12. The van der Waals surface area contributed by atoms with Crippen molar-refractivity contribution in [3.63, 3.8) is 0 Å². The molecule has 0 amide bonds. The van der Waals surface area contributed by atoms with E-state index in [1.807, 2.05) is 4.90 Å². The molecule has 3 rings (SSSR count). The van der Waals surface area contributed by atoms with Crippen LogP contribution in [0.5, 0.6) is 0 Å². The van der Waals surface area contributed by atoms with E-state index in [2.05, 4.69) is 10.3 Å². The number of non-ortho nitro benzene ring substituents is 1. The van der Waals surface area contributed by atoms with Gasteiger partial charge >= 0.3 is 0 Å². The molecular formula is C13H13FN4O2. The van der Waals surface area contributed by atoms with Crippen molar-refractivity contribution in [3.8, 4) is 0 Å². The van der Waals surface area contributed by atoms with Gasteiger partial charge in [0.2, 0.25) is 0 Å². The Morgan fingerprint density at radius 2 is 2.05 bits per heavy atom. The van der Waals surface area contributed by atoms with E-state index < -0.39 is 10.7 Å². The van der Waals surface area contributed by atoms with Crippen LogP contribution in [0, 0.1) is 15.9 Å². The third-order valence-corrected chi connectivity index (χ3v) is 3.45. The highest BCUT2D eigenvalue weighted by molar-refractivity contribution is 5.98. The monoisotopic (exact) mass is 276 g/mol. The van der Waals surface area contributed by atoms with E-state index >= 15 is 0 Å². The molecule has 0 spiro atoms. The Labute approximate surface area is 114 Å². The molecule has 2 aromatic rings. The summed E-state index contributed by atoms with van der Waals surface area (Å²) in [5, 5.41) is 14.8. The lowest BCUT2D eigenvalue weighted by atomic mass is 10.1. The summed E-state index contributed by atoms with van der Waals surface area (Å²) < 4.78 is 14.1. The third-order valence-electron chi connectivity index (χ3n) is 3.45. The number of nitro groups is 1. The normalized spacial score (nSPS) is 15.6. The Morgan fingerprint density at radius 3 is 2.75 bits per heavy atom. The summed E-state index contributed by atoms with van der Waals surface area (Å²) in [5.41, 5.74) is -0.0971. The molecule has 0 unspecified atom stereocenters. The molecule has 0 radical (unpaired) electrons. The van der Waals surface area contributed by atoms with Gasteiger partial charge < -0.3 is 10.2 Å². The fraction of sp³-hybridized carbons (Fsp3) is 0.308. The lowest BCUT2D eigenvalue weighted by Crippen LogP contribution is -2.44. The van der Waals surface area contributed by atoms with E-state index in [-0.39, 0.29) is 11.1 Å². The first-order chi connectivity index (χ1) is 9.68. The van der Waals surface area contributed by atoms with Crippen LogP contribution in [0.1, 0.15) is 0 Å². The van der Waals surface area contributed by atoms with Gasteiger partial charge in [-0.2, -0.15) is 0 Å². The fourth-order valence-corrected chi connectivity index (χ4v) is 2.50. The molecule has 2 heterocycles. The van der Waals surface area contributed by atoms with Crippen molar-refractivity contribution in [2.45, 2.75) is 0 Å². The number of halogens is 1. The number of hydrogen-bond donors (Lipinski definition) is 1. The molecule has 20 heavy (non-hydrogen) atoms. The predicted octanol–water partition coefficient (Wildman–Crippen LogP) is 1.69. The number of piperazine rings is 1. The Kier molecular flexibility index (Phi) is 3.19. The summed E-state index contributed by atoms with van der Waals surface area (Å²) in [6, 6.07) is 3.81. The van der Waals surface area contributed by atoms with Gasteiger partial charge in [-0.05, 0) is 12.1 Å². The minimum Gasteiger partial charge on any atom is -0.353 e. The lowest BCUT2D eigenvalue weighted by Gasteiger charge is -2.29. The van der Waals surface area contributed by atoms with Gasteiger partial charge in [0.1, 0.15) is 11.6 Å². The van der Waals surface area contributed by atoms with Crippen LogP contribution in [-0.2, 0) is 0 Å². The van der Waals surface area contributed by atoms with E-state index in [9.17, 15) is 14.5 Å². The van der Waals surface area contributed by atoms with Gasteiger partial charge in [-0.25, -0.2) is 9.37 Å². The van der Waals surface area contributed by atoms with Crippen molar-refractivity contribution in [1.29, 1.82) is 0 Å². The zero-order chi connectivity index (χ0) is 14.1. The van der Waals surface area contributed by atoms with Crippen molar-refractivity contribution in [2.75, 3.05) is 31.1 Å². The fourth-order valence-electron chi connectivity index (χ4n) is 2.50. The molecule has 1 fully saturated rings. The van der Waals surface area contributed by atoms with Crippen LogP contribution in [0.15, 0.2) is 24.4 Å². The van der Waals surface area contributed by atoms with Crippen LogP contribution in [0.3, 0.4) is 0 Å². The number of pyridine rings is 1. The summed E-state index contributed by atoms with van der Waals surface area (Å²) in [5.74, 6) is -0.00238. The van der Waals surface area contributed by atoms with E-state index in [0.717, 1.165) is 19.2 Å². The standard InChI is InChI=1S/C13H13FN4O2/c14-10-1-2-11(18(19)20)9-3-4-16-13(12(9)10)17-7-5-15-6-8-17/h1-4,15H,5-8H2. The van der Waals surface area contributed by atoms with Crippen LogP contribution >= 0.6 is 0 Å². The van der Waals surface area contributed by atoms with E-state index in [1.165, 1.54) is 18.3 Å². The minimum atomic E-state index is -0.497. The molecule has 1 aromatic heterocycles. The second-order valence-corrected chi connectivity index (χ2v) is 4.62. The van der Waals surface area contributed by atoms with Crippen molar-refractivity contribution in [1.82, 2.24) is 10.3 Å². The first-order valence-corrected chi connectivity index (χ1v) is 6.36. The Hall–Kier alpha value is -2.28. The molecule has 6 nitrogen and oxygen atoms in total. The quantitative estimate of drug-likeness (QED) is 0.667. The van der Waals surface area contributed by atoms with Crippen molar-refractivity contribution in [3.05, 3.63) is 40.3 Å². The number of fused-ring (bicyclic) bond motifs is 1. The maximum absolute atomic E-state index is 14.1. The third kappa shape index (κ3) is 2.05. The number of rotatable bonds is 2.